The lowest BCUT2D eigenvalue weighted by atomic mass is 9.94. The lowest BCUT2D eigenvalue weighted by Crippen LogP contribution is -2.31. The number of rotatable bonds is 9. The van der Waals surface area contributed by atoms with Crippen LogP contribution < -0.4 is 4.74 Å². The zero-order chi connectivity index (χ0) is 24.1. The summed E-state index contributed by atoms with van der Waals surface area (Å²) in [5, 5.41) is 20.9. The number of methoxy groups -OCH3 is 1. The van der Waals surface area contributed by atoms with Crippen molar-refractivity contribution in [3.8, 4) is 11.5 Å². The lowest BCUT2D eigenvalue weighted by molar-refractivity contribution is -0.140. The number of aromatic hydroxyl groups is 1. The van der Waals surface area contributed by atoms with Crippen molar-refractivity contribution in [3.05, 3.63) is 64.7 Å². The smallest absolute Gasteiger partial charge is 0.295 e. The van der Waals surface area contributed by atoms with E-state index in [1.807, 2.05) is 13.0 Å². The van der Waals surface area contributed by atoms with E-state index in [0.29, 0.717) is 49.0 Å². The molecule has 1 fully saturated rings. The molecule has 0 aromatic heterocycles. The maximum absolute atomic E-state index is 13.1. The van der Waals surface area contributed by atoms with Gasteiger partial charge in [0.25, 0.3) is 11.7 Å². The molecule has 33 heavy (non-hydrogen) atoms. The second kappa shape index (κ2) is 10.5. The zero-order valence-corrected chi connectivity index (χ0v) is 19.5. The van der Waals surface area contributed by atoms with Crippen molar-refractivity contribution in [3.63, 3.8) is 0 Å². The zero-order valence-electron chi connectivity index (χ0n) is 19.5. The highest BCUT2D eigenvalue weighted by Crippen LogP contribution is 2.40. The summed E-state index contributed by atoms with van der Waals surface area (Å²) in [5.74, 6) is -0.509. The fraction of sp³-hybridized carbons (Fsp3) is 0.385. The summed E-state index contributed by atoms with van der Waals surface area (Å²) in [6.07, 6.45) is 0.541. The van der Waals surface area contributed by atoms with Crippen LogP contribution in [0.1, 0.15) is 43.0 Å². The van der Waals surface area contributed by atoms with Crippen LogP contribution >= 0.6 is 0 Å². The molecule has 1 saturated heterocycles. The summed E-state index contributed by atoms with van der Waals surface area (Å²) in [6, 6.07) is 10.8. The van der Waals surface area contributed by atoms with Gasteiger partial charge in [-0.15, -0.1) is 0 Å². The Morgan fingerprint density at radius 1 is 1.12 bits per heavy atom. The maximum Gasteiger partial charge on any atom is 0.295 e. The minimum atomic E-state index is -0.765. The van der Waals surface area contributed by atoms with Crippen LogP contribution in [0.2, 0.25) is 0 Å². The number of Topliss-reactive ketones (excluding diaryl/α,β-unsaturated/α-hetero) is 1. The van der Waals surface area contributed by atoms with E-state index < -0.39 is 17.7 Å². The summed E-state index contributed by atoms with van der Waals surface area (Å²) in [7, 11) is 1.57. The molecule has 3 rings (SSSR count). The van der Waals surface area contributed by atoms with E-state index in [0.717, 1.165) is 5.56 Å². The van der Waals surface area contributed by atoms with Crippen molar-refractivity contribution in [1.29, 1.82) is 0 Å². The number of likely N-dealkylation sites (tertiary alicyclic amines) is 1. The number of aryl methyl sites for hydroxylation is 1. The maximum atomic E-state index is 13.1. The fourth-order valence-electron chi connectivity index (χ4n) is 3.89. The van der Waals surface area contributed by atoms with Crippen LogP contribution in [0.15, 0.2) is 48.0 Å². The van der Waals surface area contributed by atoms with Crippen molar-refractivity contribution >= 4 is 17.4 Å². The molecule has 0 radical (unpaired) electrons. The third-order valence-electron chi connectivity index (χ3n) is 5.53. The van der Waals surface area contributed by atoms with Crippen LogP contribution in [0.25, 0.3) is 5.76 Å². The number of benzene rings is 2. The normalized spacial score (nSPS) is 17.7. The quantitative estimate of drug-likeness (QED) is 0.256. The molecule has 1 amide bonds. The van der Waals surface area contributed by atoms with Crippen molar-refractivity contribution in [2.75, 3.05) is 26.9 Å². The van der Waals surface area contributed by atoms with Gasteiger partial charge in [0, 0.05) is 25.8 Å². The Labute approximate surface area is 194 Å². The number of hydrogen-bond donors (Lipinski definition) is 2. The highest BCUT2D eigenvalue weighted by atomic mass is 16.5. The third-order valence-corrected chi connectivity index (χ3v) is 5.53. The predicted molar refractivity (Wildman–Crippen MR) is 125 cm³/mol. The number of hydrogen-bond acceptors (Lipinski definition) is 6. The van der Waals surface area contributed by atoms with Crippen molar-refractivity contribution in [2.45, 2.75) is 33.2 Å². The molecule has 2 aromatic rings. The van der Waals surface area contributed by atoms with Gasteiger partial charge in [0.1, 0.15) is 17.3 Å². The van der Waals surface area contributed by atoms with E-state index in [-0.39, 0.29) is 17.1 Å². The van der Waals surface area contributed by atoms with Gasteiger partial charge in [-0.05, 0) is 60.7 Å². The number of carbonyl (C=O) groups is 2. The van der Waals surface area contributed by atoms with Gasteiger partial charge in [-0.25, -0.2) is 0 Å². The number of amides is 1. The molecule has 0 bridgehead atoms. The molecule has 0 aliphatic carbocycles. The van der Waals surface area contributed by atoms with Gasteiger partial charge in [0.2, 0.25) is 0 Å². The average molecular weight is 454 g/mol. The molecule has 1 aliphatic heterocycles. The number of phenolic OH excluding ortho intramolecular Hbond substituents is 1. The minimum absolute atomic E-state index is 0.0297. The fourth-order valence-corrected chi connectivity index (χ4v) is 3.89. The summed E-state index contributed by atoms with van der Waals surface area (Å²) >= 11 is 0. The molecule has 2 aromatic carbocycles. The van der Waals surface area contributed by atoms with Crippen LogP contribution in [-0.4, -0.2) is 53.7 Å². The molecule has 7 heteroatoms. The largest absolute Gasteiger partial charge is 0.508 e. The van der Waals surface area contributed by atoms with Gasteiger partial charge in [-0.1, -0.05) is 26.0 Å². The first-order valence-corrected chi connectivity index (χ1v) is 11.0. The number of ether oxygens (including phenoxy) is 2. The molecule has 2 N–H and O–H groups in total. The monoisotopic (exact) mass is 453 g/mol. The SMILES string of the molecule is COCCCN1C(=O)C(=O)/C(=C(/O)c2ccc(OCC(C)C)cc2C)[C@H]1c1ccc(O)cc1. The number of nitrogens with zero attached hydrogens (tertiary/aromatic N) is 1. The Balaban J connectivity index is 2.05. The highest BCUT2D eigenvalue weighted by Gasteiger charge is 2.45. The third kappa shape index (κ3) is 5.37. The number of carbonyl (C=O) groups excluding carboxylic acids is 2. The van der Waals surface area contributed by atoms with Gasteiger partial charge in [-0.2, -0.15) is 0 Å². The van der Waals surface area contributed by atoms with E-state index in [9.17, 15) is 19.8 Å². The van der Waals surface area contributed by atoms with Crippen LogP contribution in [0, 0.1) is 12.8 Å². The Bertz CT molecular complexity index is 1040. The van der Waals surface area contributed by atoms with Gasteiger partial charge < -0.3 is 24.6 Å². The second-order valence-corrected chi connectivity index (χ2v) is 8.61. The number of aliphatic hydroxyl groups is 1. The van der Waals surface area contributed by atoms with Crippen LogP contribution in [0.5, 0.6) is 11.5 Å². The summed E-state index contributed by atoms with van der Waals surface area (Å²) in [6.45, 7) is 7.23. The van der Waals surface area contributed by atoms with Crippen LogP contribution in [0.3, 0.4) is 0 Å². The van der Waals surface area contributed by atoms with Gasteiger partial charge in [0.15, 0.2) is 0 Å². The van der Waals surface area contributed by atoms with Crippen molar-refractivity contribution in [1.82, 2.24) is 4.90 Å². The number of aliphatic hydroxyl groups excluding tert-OH is 1. The van der Waals surface area contributed by atoms with E-state index in [4.69, 9.17) is 9.47 Å². The van der Waals surface area contributed by atoms with E-state index in [1.165, 1.54) is 17.0 Å². The molecule has 0 saturated carbocycles. The molecule has 1 aliphatic rings. The summed E-state index contributed by atoms with van der Waals surface area (Å²) < 4.78 is 10.9. The molecular weight excluding hydrogens is 422 g/mol. The van der Waals surface area contributed by atoms with Crippen molar-refractivity contribution in [2.24, 2.45) is 5.92 Å². The minimum Gasteiger partial charge on any atom is -0.508 e. The molecule has 0 unspecified atom stereocenters. The average Bonchev–Trinajstić information content (AvgIpc) is 3.03. The Hall–Kier alpha value is -3.32. The predicted octanol–water partition coefficient (Wildman–Crippen LogP) is 4.19. The summed E-state index contributed by atoms with van der Waals surface area (Å²) in [5.41, 5.74) is 1.84. The van der Waals surface area contributed by atoms with Crippen LogP contribution in [-0.2, 0) is 14.3 Å². The molecule has 1 heterocycles. The molecule has 7 nitrogen and oxygen atoms in total. The van der Waals surface area contributed by atoms with Crippen molar-refractivity contribution < 1.29 is 29.3 Å². The van der Waals surface area contributed by atoms with E-state index in [2.05, 4.69) is 13.8 Å². The topological polar surface area (TPSA) is 96.3 Å². The van der Waals surface area contributed by atoms with Crippen LogP contribution in [0.4, 0.5) is 0 Å². The number of phenols is 1. The Kier molecular flexibility index (Phi) is 7.76. The van der Waals surface area contributed by atoms with Gasteiger partial charge >= 0.3 is 0 Å². The molecule has 176 valence electrons. The molecular formula is C26H31NO6. The molecule has 0 spiro atoms. The highest BCUT2D eigenvalue weighted by molar-refractivity contribution is 6.46. The van der Waals surface area contributed by atoms with Gasteiger partial charge in [-0.3, -0.25) is 9.59 Å². The van der Waals surface area contributed by atoms with Gasteiger partial charge in [0.05, 0.1) is 18.2 Å². The lowest BCUT2D eigenvalue weighted by Gasteiger charge is -2.25. The Morgan fingerprint density at radius 3 is 2.42 bits per heavy atom. The first-order valence-electron chi connectivity index (χ1n) is 11.0. The second-order valence-electron chi connectivity index (χ2n) is 8.61. The first-order chi connectivity index (χ1) is 15.7. The van der Waals surface area contributed by atoms with E-state index in [1.54, 1.807) is 31.4 Å². The number of ketones is 1. The Morgan fingerprint density at radius 2 is 1.82 bits per heavy atom. The first kappa shape index (κ1) is 24.3. The standard InChI is InChI=1S/C26H31NO6/c1-16(2)15-33-20-10-11-21(17(3)14-20)24(29)22-23(18-6-8-19(28)9-7-18)27(12-5-13-32-4)26(31)25(22)30/h6-11,14,16,23,28-29H,5,12-13,15H2,1-4H3/b24-22+/t23-/m1/s1. The van der Waals surface area contributed by atoms with E-state index >= 15 is 0 Å². The summed E-state index contributed by atoms with van der Waals surface area (Å²) in [4.78, 5) is 27.4. The molecule has 1 atom stereocenters.